The van der Waals surface area contributed by atoms with E-state index in [1.807, 2.05) is 0 Å². The first-order valence-corrected chi connectivity index (χ1v) is 7.54. The van der Waals surface area contributed by atoms with Crippen molar-refractivity contribution in [2.24, 2.45) is 5.16 Å². The average molecular weight is 367 g/mol. The van der Waals surface area contributed by atoms with Crippen molar-refractivity contribution in [2.75, 3.05) is 26.1 Å². The number of nitrogens with zero attached hydrogens (tertiary/aromatic N) is 1. The standard InChI is InChI=1S/C17H16ClFN2O4/c1-23-15-8-11(7-12(18)17(15)24-2)9-20-25-10-16(22)21-14-6-4-3-5-13(14)19/h3-9H,10H2,1-2H3,(H,21,22)/b20-9-. The minimum absolute atomic E-state index is 0.0757. The lowest BCUT2D eigenvalue weighted by atomic mass is 10.2. The summed E-state index contributed by atoms with van der Waals surface area (Å²) in [5, 5.41) is 6.41. The zero-order chi connectivity index (χ0) is 18.2. The van der Waals surface area contributed by atoms with E-state index in [-0.39, 0.29) is 12.3 Å². The molecular weight excluding hydrogens is 351 g/mol. The number of anilines is 1. The molecule has 0 bridgehead atoms. The lowest BCUT2D eigenvalue weighted by Gasteiger charge is -2.09. The first-order valence-electron chi connectivity index (χ1n) is 7.16. The normalized spacial score (nSPS) is 10.6. The molecule has 25 heavy (non-hydrogen) atoms. The Hall–Kier alpha value is -2.80. The number of benzene rings is 2. The molecule has 0 saturated carbocycles. The third kappa shape index (κ3) is 5.09. The number of hydrogen-bond acceptors (Lipinski definition) is 5. The van der Waals surface area contributed by atoms with Gasteiger partial charge in [-0.15, -0.1) is 0 Å². The second kappa shape index (κ2) is 8.89. The van der Waals surface area contributed by atoms with Crippen LogP contribution in [0.25, 0.3) is 0 Å². The lowest BCUT2D eigenvalue weighted by molar-refractivity contribution is -0.120. The smallest absolute Gasteiger partial charge is 0.265 e. The highest BCUT2D eigenvalue weighted by Gasteiger charge is 2.10. The van der Waals surface area contributed by atoms with E-state index in [9.17, 15) is 9.18 Å². The molecule has 2 aromatic carbocycles. The van der Waals surface area contributed by atoms with Gasteiger partial charge in [0.05, 0.1) is 31.1 Å². The van der Waals surface area contributed by atoms with Gasteiger partial charge in [-0.1, -0.05) is 28.9 Å². The summed E-state index contributed by atoms with van der Waals surface area (Å²) in [7, 11) is 2.97. The number of oxime groups is 1. The summed E-state index contributed by atoms with van der Waals surface area (Å²) in [4.78, 5) is 16.6. The maximum Gasteiger partial charge on any atom is 0.265 e. The summed E-state index contributed by atoms with van der Waals surface area (Å²) < 4.78 is 23.7. The van der Waals surface area contributed by atoms with Crippen molar-refractivity contribution < 1.29 is 23.5 Å². The van der Waals surface area contributed by atoms with Crippen molar-refractivity contribution in [3.05, 3.63) is 52.8 Å². The number of carbonyl (C=O) groups excluding carboxylic acids is 1. The molecule has 8 heteroatoms. The van der Waals surface area contributed by atoms with E-state index in [4.69, 9.17) is 25.9 Å². The Morgan fingerprint density at radius 1 is 1.28 bits per heavy atom. The van der Waals surface area contributed by atoms with Crippen LogP contribution in [0.3, 0.4) is 0 Å². The van der Waals surface area contributed by atoms with Crippen LogP contribution in [0, 0.1) is 5.82 Å². The Kier molecular flexibility index (Phi) is 6.59. The Bertz CT molecular complexity index is 783. The molecule has 0 spiro atoms. The number of para-hydroxylation sites is 1. The Labute approximate surface area is 149 Å². The predicted molar refractivity (Wildman–Crippen MR) is 93.1 cm³/mol. The molecule has 0 aliphatic rings. The lowest BCUT2D eigenvalue weighted by Crippen LogP contribution is -2.17. The minimum atomic E-state index is -0.535. The highest BCUT2D eigenvalue weighted by molar-refractivity contribution is 6.32. The maximum atomic E-state index is 13.4. The van der Waals surface area contributed by atoms with Gasteiger partial charge in [0.15, 0.2) is 18.1 Å². The van der Waals surface area contributed by atoms with E-state index < -0.39 is 11.7 Å². The van der Waals surface area contributed by atoms with E-state index in [1.54, 1.807) is 18.2 Å². The molecule has 132 valence electrons. The number of methoxy groups -OCH3 is 2. The van der Waals surface area contributed by atoms with Crippen molar-refractivity contribution in [1.82, 2.24) is 0 Å². The third-order valence-electron chi connectivity index (χ3n) is 3.08. The van der Waals surface area contributed by atoms with Crippen LogP contribution in [0.2, 0.25) is 5.02 Å². The van der Waals surface area contributed by atoms with E-state index in [0.717, 1.165) is 0 Å². The van der Waals surface area contributed by atoms with Crippen LogP contribution < -0.4 is 14.8 Å². The summed E-state index contributed by atoms with van der Waals surface area (Å²) in [6.07, 6.45) is 1.37. The van der Waals surface area contributed by atoms with Gasteiger partial charge in [0.2, 0.25) is 0 Å². The molecule has 0 atom stereocenters. The molecule has 0 heterocycles. The fraction of sp³-hybridized carbons (Fsp3) is 0.176. The molecule has 0 unspecified atom stereocenters. The van der Waals surface area contributed by atoms with Gasteiger partial charge in [0.25, 0.3) is 5.91 Å². The number of nitrogens with one attached hydrogen (secondary N) is 1. The van der Waals surface area contributed by atoms with Crippen LogP contribution in [0.5, 0.6) is 11.5 Å². The maximum absolute atomic E-state index is 13.4. The van der Waals surface area contributed by atoms with Gasteiger partial charge in [-0.2, -0.15) is 0 Å². The van der Waals surface area contributed by atoms with Crippen molar-refractivity contribution in [1.29, 1.82) is 0 Å². The first kappa shape index (κ1) is 18.5. The molecule has 0 fully saturated rings. The van der Waals surface area contributed by atoms with Crippen LogP contribution in [0.15, 0.2) is 41.6 Å². The highest BCUT2D eigenvalue weighted by atomic mass is 35.5. The Morgan fingerprint density at radius 3 is 2.72 bits per heavy atom. The topological polar surface area (TPSA) is 69.2 Å². The summed E-state index contributed by atoms with van der Waals surface area (Å²) in [5.74, 6) is -0.216. The van der Waals surface area contributed by atoms with Gasteiger partial charge in [-0.3, -0.25) is 4.79 Å². The zero-order valence-corrected chi connectivity index (χ0v) is 14.3. The number of hydrogen-bond donors (Lipinski definition) is 1. The van der Waals surface area contributed by atoms with E-state index in [2.05, 4.69) is 10.5 Å². The van der Waals surface area contributed by atoms with E-state index in [0.29, 0.717) is 22.1 Å². The molecule has 1 N–H and O–H groups in total. The van der Waals surface area contributed by atoms with Crippen LogP contribution in [0.1, 0.15) is 5.56 Å². The van der Waals surface area contributed by atoms with Gasteiger partial charge < -0.3 is 19.6 Å². The molecule has 2 rings (SSSR count). The number of amides is 1. The molecular formula is C17H16ClFN2O4. The predicted octanol–water partition coefficient (Wildman–Crippen LogP) is 3.49. The molecule has 2 aromatic rings. The second-order valence-corrected chi connectivity index (χ2v) is 5.18. The average Bonchev–Trinajstić information content (AvgIpc) is 2.60. The Balaban J connectivity index is 1.92. The van der Waals surface area contributed by atoms with Gasteiger partial charge in [-0.25, -0.2) is 4.39 Å². The van der Waals surface area contributed by atoms with Crippen molar-refractivity contribution in [3.63, 3.8) is 0 Å². The van der Waals surface area contributed by atoms with Crippen molar-refractivity contribution in [3.8, 4) is 11.5 Å². The largest absolute Gasteiger partial charge is 0.493 e. The van der Waals surface area contributed by atoms with Crippen LogP contribution in [0.4, 0.5) is 10.1 Å². The summed E-state index contributed by atoms with van der Waals surface area (Å²) in [6.45, 7) is -0.369. The number of ether oxygens (including phenoxy) is 2. The number of rotatable bonds is 7. The summed E-state index contributed by atoms with van der Waals surface area (Å²) >= 11 is 6.07. The van der Waals surface area contributed by atoms with Gasteiger partial charge in [0, 0.05) is 5.56 Å². The molecule has 0 aliphatic heterocycles. The number of carbonyl (C=O) groups is 1. The fourth-order valence-electron chi connectivity index (χ4n) is 1.96. The fourth-order valence-corrected chi connectivity index (χ4v) is 2.25. The van der Waals surface area contributed by atoms with Crippen LogP contribution in [-0.2, 0) is 9.63 Å². The molecule has 0 radical (unpaired) electrons. The highest BCUT2D eigenvalue weighted by Crippen LogP contribution is 2.35. The van der Waals surface area contributed by atoms with Crippen molar-refractivity contribution in [2.45, 2.75) is 0 Å². The SMILES string of the molecule is COc1cc(/C=N\OCC(=O)Nc2ccccc2F)cc(Cl)c1OC. The molecule has 1 amide bonds. The van der Waals surface area contributed by atoms with Crippen molar-refractivity contribution >= 4 is 29.4 Å². The molecule has 0 saturated heterocycles. The minimum Gasteiger partial charge on any atom is -0.493 e. The summed E-state index contributed by atoms with van der Waals surface area (Å²) in [5.41, 5.74) is 0.670. The van der Waals surface area contributed by atoms with E-state index in [1.165, 1.54) is 38.6 Å². The van der Waals surface area contributed by atoms with Crippen LogP contribution in [-0.4, -0.2) is 32.9 Å². The first-order chi connectivity index (χ1) is 12.0. The third-order valence-corrected chi connectivity index (χ3v) is 3.36. The monoisotopic (exact) mass is 366 g/mol. The summed E-state index contributed by atoms with van der Waals surface area (Å²) in [6, 6.07) is 9.09. The van der Waals surface area contributed by atoms with Crippen LogP contribution >= 0.6 is 11.6 Å². The van der Waals surface area contributed by atoms with E-state index >= 15 is 0 Å². The molecule has 6 nitrogen and oxygen atoms in total. The Morgan fingerprint density at radius 2 is 2.04 bits per heavy atom. The van der Waals surface area contributed by atoms with Gasteiger partial charge in [0.1, 0.15) is 5.82 Å². The zero-order valence-electron chi connectivity index (χ0n) is 13.6. The second-order valence-electron chi connectivity index (χ2n) is 4.77. The quantitative estimate of drug-likeness (QED) is 0.601. The van der Waals surface area contributed by atoms with Gasteiger partial charge >= 0.3 is 0 Å². The molecule has 0 aromatic heterocycles. The number of halogens is 2. The van der Waals surface area contributed by atoms with Gasteiger partial charge in [-0.05, 0) is 24.3 Å². The molecule has 0 aliphatic carbocycles.